The van der Waals surface area contributed by atoms with Gasteiger partial charge in [-0.05, 0) is 38.5 Å². The molecule has 0 amide bonds. The van der Waals surface area contributed by atoms with E-state index >= 15 is 0 Å². The second kappa shape index (κ2) is 4.84. The molecule has 1 fully saturated rings. The van der Waals surface area contributed by atoms with Crippen LogP contribution in [0.15, 0.2) is 0 Å². The van der Waals surface area contributed by atoms with E-state index in [9.17, 15) is 5.11 Å². The van der Waals surface area contributed by atoms with Crippen LogP contribution in [0.2, 0.25) is 0 Å². The van der Waals surface area contributed by atoms with Crippen LogP contribution in [0.3, 0.4) is 0 Å². The molecule has 15 heavy (non-hydrogen) atoms. The highest BCUT2D eigenvalue weighted by Crippen LogP contribution is 2.38. The molecule has 3 N–H and O–H groups in total. The zero-order chi connectivity index (χ0) is 11.5. The maximum Gasteiger partial charge on any atom is 0.0823 e. The van der Waals surface area contributed by atoms with Gasteiger partial charge in [-0.1, -0.05) is 33.1 Å². The minimum atomic E-state index is -0.633. The molecule has 2 nitrogen and oxygen atoms in total. The molecule has 1 rings (SSSR count). The van der Waals surface area contributed by atoms with Gasteiger partial charge in [0.15, 0.2) is 0 Å². The zero-order valence-corrected chi connectivity index (χ0v) is 10.6. The third kappa shape index (κ3) is 2.73. The van der Waals surface area contributed by atoms with Crippen molar-refractivity contribution < 1.29 is 5.11 Å². The lowest BCUT2D eigenvalue weighted by atomic mass is 9.75. The number of hydrogen-bond donors (Lipinski definition) is 2. The summed E-state index contributed by atoms with van der Waals surface area (Å²) in [6.45, 7) is 6.32. The standard InChI is InChI=1S/C13H27NO/c1-4-11-7-6-9-13(15,10-8-11)12(3,14)5-2/h11,15H,4-10,14H2,1-3H3. The molecule has 0 aliphatic heterocycles. The lowest BCUT2D eigenvalue weighted by molar-refractivity contribution is -0.0438. The molecule has 0 heterocycles. The number of nitrogens with two attached hydrogens (primary N) is 1. The van der Waals surface area contributed by atoms with Crippen molar-refractivity contribution in [2.24, 2.45) is 11.7 Å². The average Bonchev–Trinajstić information content (AvgIpc) is 2.41. The summed E-state index contributed by atoms with van der Waals surface area (Å²) in [5.41, 5.74) is 5.18. The molecule has 90 valence electrons. The van der Waals surface area contributed by atoms with Gasteiger partial charge in [0.25, 0.3) is 0 Å². The van der Waals surface area contributed by atoms with Gasteiger partial charge in [0.1, 0.15) is 0 Å². The van der Waals surface area contributed by atoms with Crippen molar-refractivity contribution in [1.82, 2.24) is 0 Å². The van der Waals surface area contributed by atoms with Crippen molar-refractivity contribution in [3.63, 3.8) is 0 Å². The molecule has 0 aromatic heterocycles. The summed E-state index contributed by atoms with van der Waals surface area (Å²) in [6, 6.07) is 0. The summed E-state index contributed by atoms with van der Waals surface area (Å²) >= 11 is 0. The molecule has 0 radical (unpaired) electrons. The van der Waals surface area contributed by atoms with Gasteiger partial charge in [-0.25, -0.2) is 0 Å². The fourth-order valence-electron chi connectivity index (χ4n) is 2.70. The van der Waals surface area contributed by atoms with Crippen molar-refractivity contribution >= 4 is 0 Å². The lowest BCUT2D eigenvalue weighted by Gasteiger charge is -2.42. The van der Waals surface area contributed by atoms with Crippen LogP contribution in [0.4, 0.5) is 0 Å². The quantitative estimate of drug-likeness (QED) is 0.708. The second-order valence-electron chi connectivity index (χ2n) is 5.51. The van der Waals surface area contributed by atoms with Crippen LogP contribution < -0.4 is 5.73 Å². The van der Waals surface area contributed by atoms with E-state index in [-0.39, 0.29) is 0 Å². The molecule has 2 heteroatoms. The van der Waals surface area contributed by atoms with E-state index in [0.29, 0.717) is 0 Å². The van der Waals surface area contributed by atoms with Crippen molar-refractivity contribution in [3.8, 4) is 0 Å². The Morgan fingerprint density at radius 3 is 2.53 bits per heavy atom. The molecule has 3 unspecified atom stereocenters. The fourth-order valence-corrected chi connectivity index (χ4v) is 2.70. The second-order valence-corrected chi connectivity index (χ2v) is 5.51. The molecule has 1 saturated carbocycles. The van der Waals surface area contributed by atoms with Crippen LogP contribution in [-0.4, -0.2) is 16.2 Å². The van der Waals surface area contributed by atoms with E-state index in [1.54, 1.807) is 0 Å². The Bertz CT molecular complexity index is 203. The summed E-state index contributed by atoms with van der Waals surface area (Å²) < 4.78 is 0. The first-order valence-electron chi connectivity index (χ1n) is 6.46. The van der Waals surface area contributed by atoms with Gasteiger partial charge in [-0.15, -0.1) is 0 Å². The number of rotatable bonds is 3. The number of aliphatic hydroxyl groups is 1. The predicted octanol–water partition coefficient (Wildman–Crippen LogP) is 2.84. The van der Waals surface area contributed by atoms with Crippen LogP contribution >= 0.6 is 0 Å². The Morgan fingerprint density at radius 1 is 1.33 bits per heavy atom. The van der Waals surface area contributed by atoms with E-state index in [0.717, 1.165) is 38.0 Å². The van der Waals surface area contributed by atoms with E-state index in [1.807, 2.05) is 6.92 Å². The van der Waals surface area contributed by atoms with E-state index in [2.05, 4.69) is 13.8 Å². The summed E-state index contributed by atoms with van der Waals surface area (Å²) in [4.78, 5) is 0. The Labute approximate surface area is 94.2 Å². The van der Waals surface area contributed by atoms with Gasteiger partial charge in [0, 0.05) is 5.54 Å². The van der Waals surface area contributed by atoms with Gasteiger partial charge in [0.05, 0.1) is 5.60 Å². The van der Waals surface area contributed by atoms with Crippen molar-refractivity contribution in [2.45, 2.75) is 76.9 Å². The van der Waals surface area contributed by atoms with Crippen LogP contribution in [0.5, 0.6) is 0 Å². The van der Waals surface area contributed by atoms with Crippen LogP contribution in [0.25, 0.3) is 0 Å². The molecular weight excluding hydrogens is 186 g/mol. The third-order valence-corrected chi connectivity index (χ3v) is 4.54. The molecule has 0 saturated heterocycles. The lowest BCUT2D eigenvalue weighted by Crippen LogP contribution is -2.58. The highest BCUT2D eigenvalue weighted by Gasteiger charge is 2.43. The maximum absolute atomic E-state index is 10.7. The predicted molar refractivity (Wildman–Crippen MR) is 64.7 cm³/mol. The molecule has 3 atom stereocenters. The largest absolute Gasteiger partial charge is 0.388 e. The van der Waals surface area contributed by atoms with Gasteiger partial charge < -0.3 is 10.8 Å². The third-order valence-electron chi connectivity index (χ3n) is 4.54. The Balaban J connectivity index is 2.69. The monoisotopic (exact) mass is 213 g/mol. The maximum atomic E-state index is 10.7. The fraction of sp³-hybridized carbons (Fsp3) is 1.00. The number of hydrogen-bond acceptors (Lipinski definition) is 2. The molecule has 0 aromatic rings. The van der Waals surface area contributed by atoms with E-state index in [1.165, 1.54) is 12.8 Å². The SMILES string of the molecule is CCC1CCCC(O)(C(C)(N)CC)CC1. The van der Waals surface area contributed by atoms with Gasteiger partial charge in [0.2, 0.25) is 0 Å². The zero-order valence-electron chi connectivity index (χ0n) is 10.6. The summed E-state index contributed by atoms with van der Waals surface area (Å²) in [6.07, 6.45) is 7.38. The molecule has 1 aliphatic rings. The van der Waals surface area contributed by atoms with E-state index < -0.39 is 11.1 Å². The average molecular weight is 213 g/mol. The molecule has 0 aromatic carbocycles. The first-order chi connectivity index (χ1) is 6.95. The van der Waals surface area contributed by atoms with E-state index in [4.69, 9.17) is 5.73 Å². The van der Waals surface area contributed by atoms with Crippen molar-refractivity contribution in [3.05, 3.63) is 0 Å². The van der Waals surface area contributed by atoms with Crippen LogP contribution in [-0.2, 0) is 0 Å². The van der Waals surface area contributed by atoms with Gasteiger partial charge in [-0.2, -0.15) is 0 Å². The first-order valence-corrected chi connectivity index (χ1v) is 6.46. The highest BCUT2D eigenvalue weighted by atomic mass is 16.3. The topological polar surface area (TPSA) is 46.2 Å². The Morgan fingerprint density at radius 2 is 2.00 bits per heavy atom. The highest BCUT2D eigenvalue weighted by molar-refractivity contribution is 5.00. The Kier molecular flexibility index (Phi) is 4.19. The van der Waals surface area contributed by atoms with Gasteiger partial charge in [-0.3, -0.25) is 0 Å². The first kappa shape index (κ1) is 13.0. The van der Waals surface area contributed by atoms with Crippen LogP contribution in [0, 0.1) is 5.92 Å². The van der Waals surface area contributed by atoms with Gasteiger partial charge >= 0.3 is 0 Å². The minimum Gasteiger partial charge on any atom is -0.388 e. The molecule has 0 bridgehead atoms. The van der Waals surface area contributed by atoms with Crippen molar-refractivity contribution in [2.75, 3.05) is 0 Å². The summed E-state index contributed by atoms with van der Waals surface area (Å²) in [5, 5.41) is 10.7. The Hall–Kier alpha value is -0.0800. The summed E-state index contributed by atoms with van der Waals surface area (Å²) in [7, 11) is 0. The normalized spacial score (nSPS) is 37.0. The minimum absolute atomic E-state index is 0.421. The molecule has 0 spiro atoms. The van der Waals surface area contributed by atoms with Crippen molar-refractivity contribution in [1.29, 1.82) is 0 Å². The molecular formula is C13H27NO. The smallest absolute Gasteiger partial charge is 0.0823 e. The summed E-state index contributed by atoms with van der Waals surface area (Å²) in [5.74, 6) is 0.798. The molecule has 1 aliphatic carbocycles. The van der Waals surface area contributed by atoms with Crippen LogP contribution in [0.1, 0.15) is 65.7 Å².